The predicted molar refractivity (Wildman–Crippen MR) is 83.3 cm³/mol. The minimum absolute atomic E-state index is 0.0422. The lowest BCUT2D eigenvalue weighted by Crippen LogP contribution is -2.38. The van der Waals surface area contributed by atoms with Crippen molar-refractivity contribution in [3.05, 3.63) is 0 Å². The Balaban J connectivity index is 1.81. The van der Waals surface area contributed by atoms with Crippen LogP contribution in [0.5, 0.6) is 0 Å². The first-order valence-electron chi connectivity index (χ1n) is 7.69. The number of esters is 1. The molecule has 124 valence electrons. The second-order valence-electron chi connectivity index (χ2n) is 5.69. The third kappa shape index (κ3) is 3.03. The summed E-state index contributed by atoms with van der Waals surface area (Å²) in [4.78, 5) is 24.8. The molecule has 3 heterocycles. The van der Waals surface area contributed by atoms with Gasteiger partial charge in [0.05, 0.1) is 12.5 Å². The van der Waals surface area contributed by atoms with Crippen LogP contribution in [0.2, 0.25) is 0 Å². The standard InChI is InChI=1S/C14H20N6O3/c1-4-22-14(21)9-5-7-20(8-6-9)13-12(19(2)3)15-10-11(16-13)18-23-17-10/h9H,4-8H2,1-3H3. The van der Waals surface area contributed by atoms with E-state index in [0.29, 0.717) is 23.7 Å². The molecule has 0 aliphatic carbocycles. The molecule has 3 rings (SSSR count). The van der Waals surface area contributed by atoms with E-state index in [1.807, 2.05) is 25.9 Å². The fourth-order valence-corrected chi connectivity index (χ4v) is 2.72. The average molecular weight is 320 g/mol. The molecule has 1 fully saturated rings. The van der Waals surface area contributed by atoms with Crippen molar-refractivity contribution in [3.63, 3.8) is 0 Å². The van der Waals surface area contributed by atoms with Gasteiger partial charge in [0.25, 0.3) is 0 Å². The SMILES string of the molecule is CCOC(=O)C1CCN(c2nc3nonc3nc2N(C)C)CC1. The van der Waals surface area contributed by atoms with Crippen molar-refractivity contribution in [3.8, 4) is 0 Å². The number of carbonyl (C=O) groups is 1. The molecule has 1 aliphatic rings. The third-order valence-electron chi connectivity index (χ3n) is 3.92. The zero-order valence-corrected chi connectivity index (χ0v) is 13.5. The van der Waals surface area contributed by atoms with Gasteiger partial charge in [-0.05, 0) is 30.1 Å². The Morgan fingerprint density at radius 2 is 1.91 bits per heavy atom. The van der Waals surface area contributed by atoms with Crippen LogP contribution in [0.4, 0.5) is 11.6 Å². The van der Waals surface area contributed by atoms with Crippen LogP contribution in [0.15, 0.2) is 4.63 Å². The van der Waals surface area contributed by atoms with Crippen LogP contribution in [0.1, 0.15) is 19.8 Å². The highest BCUT2D eigenvalue weighted by atomic mass is 16.6. The van der Waals surface area contributed by atoms with E-state index in [9.17, 15) is 4.79 Å². The molecule has 0 N–H and O–H groups in total. The molecule has 0 radical (unpaired) electrons. The molecule has 9 heteroatoms. The number of hydrogen-bond acceptors (Lipinski definition) is 9. The Bertz CT molecular complexity index is 693. The van der Waals surface area contributed by atoms with Crippen molar-refractivity contribution in [2.75, 3.05) is 43.6 Å². The monoisotopic (exact) mass is 320 g/mol. The number of carbonyl (C=O) groups excluding carboxylic acids is 1. The normalized spacial score (nSPS) is 15.9. The number of hydrogen-bond donors (Lipinski definition) is 0. The number of piperidine rings is 1. The van der Waals surface area contributed by atoms with E-state index in [2.05, 4.69) is 25.2 Å². The highest BCUT2D eigenvalue weighted by Crippen LogP contribution is 2.29. The topological polar surface area (TPSA) is 97.5 Å². The van der Waals surface area contributed by atoms with Gasteiger partial charge >= 0.3 is 5.97 Å². The lowest BCUT2D eigenvalue weighted by Gasteiger charge is -2.33. The van der Waals surface area contributed by atoms with E-state index in [1.165, 1.54) is 0 Å². The lowest BCUT2D eigenvalue weighted by atomic mass is 9.97. The van der Waals surface area contributed by atoms with Crippen molar-refractivity contribution in [2.45, 2.75) is 19.8 Å². The van der Waals surface area contributed by atoms with Crippen LogP contribution in [-0.4, -0.2) is 60.0 Å². The van der Waals surface area contributed by atoms with E-state index in [-0.39, 0.29) is 11.9 Å². The number of ether oxygens (including phenoxy) is 1. The third-order valence-corrected chi connectivity index (χ3v) is 3.92. The van der Waals surface area contributed by atoms with Crippen LogP contribution in [0, 0.1) is 5.92 Å². The zero-order valence-electron chi connectivity index (χ0n) is 13.5. The quantitative estimate of drug-likeness (QED) is 0.759. The largest absolute Gasteiger partial charge is 0.466 e. The molecule has 2 aromatic heterocycles. The Hall–Kier alpha value is -2.45. The van der Waals surface area contributed by atoms with Gasteiger partial charge in [0.15, 0.2) is 11.6 Å². The second-order valence-corrected chi connectivity index (χ2v) is 5.69. The van der Waals surface area contributed by atoms with Crippen LogP contribution in [-0.2, 0) is 9.53 Å². The Morgan fingerprint density at radius 3 is 2.52 bits per heavy atom. The van der Waals surface area contributed by atoms with Crippen LogP contribution >= 0.6 is 0 Å². The smallest absolute Gasteiger partial charge is 0.309 e. The number of rotatable bonds is 4. The molecule has 23 heavy (non-hydrogen) atoms. The lowest BCUT2D eigenvalue weighted by molar-refractivity contribution is -0.148. The van der Waals surface area contributed by atoms with Crippen molar-refractivity contribution in [2.24, 2.45) is 5.92 Å². The molecule has 0 amide bonds. The predicted octanol–water partition coefficient (Wildman–Crippen LogP) is 0.858. The maximum Gasteiger partial charge on any atom is 0.309 e. The van der Waals surface area contributed by atoms with Crippen LogP contribution in [0.25, 0.3) is 11.3 Å². The summed E-state index contributed by atoms with van der Waals surface area (Å²) in [6.45, 7) is 3.68. The van der Waals surface area contributed by atoms with E-state index in [4.69, 9.17) is 9.37 Å². The van der Waals surface area contributed by atoms with Crippen molar-refractivity contribution in [1.82, 2.24) is 20.3 Å². The van der Waals surface area contributed by atoms with E-state index >= 15 is 0 Å². The highest BCUT2D eigenvalue weighted by Gasteiger charge is 2.29. The van der Waals surface area contributed by atoms with Gasteiger partial charge in [0, 0.05) is 27.2 Å². The first-order chi connectivity index (χ1) is 11.1. The van der Waals surface area contributed by atoms with Gasteiger partial charge < -0.3 is 14.5 Å². The van der Waals surface area contributed by atoms with Crippen molar-refractivity contribution < 1.29 is 14.2 Å². The summed E-state index contributed by atoms with van der Waals surface area (Å²) in [6, 6.07) is 0. The summed E-state index contributed by atoms with van der Waals surface area (Å²) < 4.78 is 9.80. The summed E-state index contributed by atoms with van der Waals surface area (Å²) in [5.74, 6) is 1.30. The minimum Gasteiger partial charge on any atom is -0.466 e. The summed E-state index contributed by atoms with van der Waals surface area (Å²) in [5.41, 5.74) is 0.775. The summed E-state index contributed by atoms with van der Waals surface area (Å²) in [5, 5.41) is 7.50. The molecule has 0 bridgehead atoms. The molecule has 1 saturated heterocycles. The molecule has 9 nitrogen and oxygen atoms in total. The number of anilines is 2. The van der Waals surface area contributed by atoms with Gasteiger partial charge in [0.2, 0.25) is 11.3 Å². The number of nitrogens with zero attached hydrogens (tertiary/aromatic N) is 6. The van der Waals surface area contributed by atoms with Gasteiger partial charge in [0.1, 0.15) is 0 Å². The molecule has 0 aromatic carbocycles. The fourth-order valence-electron chi connectivity index (χ4n) is 2.72. The molecule has 1 aliphatic heterocycles. The molecular weight excluding hydrogens is 300 g/mol. The van der Waals surface area contributed by atoms with E-state index in [1.54, 1.807) is 0 Å². The van der Waals surface area contributed by atoms with Gasteiger partial charge in [-0.2, -0.15) is 0 Å². The number of fused-ring (bicyclic) bond motifs is 1. The average Bonchev–Trinajstić information content (AvgIpc) is 3.01. The minimum atomic E-state index is -0.109. The molecule has 0 unspecified atom stereocenters. The van der Waals surface area contributed by atoms with Crippen molar-refractivity contribution >= 4 is 28.9 Å². The zero-order chi connectivity index (χ0) is 16.4. The van der Waals surface area contributed by atoms with Gasteiger partial charge in [-0.15, -0.1) is 0 Å². The Kier molecular flexibility index (Phi) is 4.26. The number of aromatic nitrogens is 4. The molecule has 0 spiro atoms. The molecule has 0 saturated carbocycles. The van der Waals surface area contributed by atoms with Crippen molar-refractivity contribution in [1.29, 1.82) is 0 Å². The van der Waals surface area contributed by atoms with Crippen LogP contribution < -0.4 is 9.80 Å². The second kappa shape index (κ2) is 6.35. The van der Waals surface area contributed by atoms with Gasteiger partial charge in [-0.25, -0.2) is 14.6 Å². The molecular formula is C14H20N6O3. The van der Waals surface area contributed by atoms with Crippen LogP contribution in [0.3, 0.4) is 0 Å². The molecule has 2 aromatic rings. The first-order valence-corrected chi connectivity index (χ1v) is 7.69. The van der Waals surface area contributed by atoms with Gasteiger partial charge in [-0.3, -0.25) is 4.79 Å². The maximum absolute atomic E-state index is 11.8. The first kappa shape index (κ1) is 15.4. The molecule has 0 atom stereocenters. The van der Waals surface area contributed by atoms with E-state index < -0.39 is 0 Å². The summed E-state index contributed by atoms with van der Waals surface area (Å²) in [7, 11) is 3.80. The van der Waals surface area contributed by atoms with E-state index in [0.717, 1.165) is 31.7 Å². The summed E-state index contributed by atoms with van der Waals surface area (Å²) in [6.07, 6.45) is 1.48. The Morgan fingerprint density at radius 1 is 1.26 bits per heavy atom. The summed E-state index contributed by atoms with van der Waals surface area (Å²) >= 11 is 0. The Labute approximate surface area is 133 Å². The van der Waals surface area contributed by atoms with Gasteiger partial charge in [-0.1, -0.05) is 0 Å². The highest BCUT2D eigenvalue weighted by molar-refractivity contribution is 5.75. The maximum atomic E-state index is 11.8. The fraction of sp³-hybridized carbons (Fsp3) is 0.643.